The smallest absolute Gasteiger partial charge is 0.211 e. The van der Waals surface area contributed by atoms with Crippen molar-refractivity contribution in [2.75, 3.05) is 31.2 Å². The van der Waals surface area contributed by atoms with Gasteiger partial charge in [0.25, 0.3) is 0 Å². The lowest BCUT2D eigenvalue weighted by Gasteiger charge is -2.30. The molecule has 3 aromatic rings. The molecule has 7 heteroatoms. The third-order valence-electron chi connectivity index (χ3n) is 7.30. The molecule has 1 fully saturated rings. The number of hydrogen-bond acceptors (Lipinski definition) is 4. The summed E-state index contributed by atoms with van der Waals surface area (Å²) in [5.41, 5.74) is 5.68. The van der Waals surface area contributed by atoms with Crippen molar-refractivity contribution in [3.63, 3.8) is 0 Å². The van der Waals surface area contributed by atoms with E-state index >= 15 is 0 Å². The van der Waals surface area contributed by atoms with Crippen LogP contribution in [0.5, 0.6) is 0 Å². The molecule has 0 radical (unpaired) electrons. The van der Waals surface area contributed by atoms with E-state index in [0.29, 0.717) is 25.6 Å². The summed E-state index contributed by atoms with van der Waals surface area (Å²) in [6.07, 6.45) is 7.20. The Balaban J connectivity index is 1.36. The predicted octanol–water partition coefficient (Wildman–Crippen LogP) is 5.42. The molecule has 0 unspecified atom stereocenters. The zero-order valence-electron chi connectivity index (χ0n) is 22.8. The van der Waals surface area contributed by atoms with Crippen molar-refractivity contribution >= 4 is 26.6 Å². The van der Waals surface area contributed by atoms with Gasteiger partial charge in [0.05, 0.1) is 30.4 Å². The summed E-state index contributed by atoms with van der Waals surface area (Å²) >= 11 is 0. The Morgan fingerprint density at radius 2 is 1.86 bits per heavy atom. The molecule has 0 aliphatic carbocycles. The second kappa shape index (κ2) is 11.3. The van der Waals surface area contributed by atoms with E-state index in [1.807, 2.05) is 6.20 Å². The summed E-state index contributed by atoms with van der Waals surface area (Å²) in [6, 6.07) is 13.1. The molecule has 1 aliphatic heterocycles. The minimum absolute atomic E-state index is 0.0453. The fraction of sp³-hybridized carbons (Fsp3) is 0.500. The van der Waals surface area contributed by atoms with Crippen LogP contribution in [-0.2, 0) is 28.4 Å². The minimum atomic E-state index is -3.06. The monoisotopic (exact) mass is 520 g/mol. The van der Waals surface area contributed by atoms with Crippen molar-refractivity contribution in [1.82, 2.24) is 13.9 Å². The van der Waals surface area contributed by atoms with Gasteiger partial charge in [0.1, 0.15) is 0 Å². The van der Waals surface area contributed by atoms with E-state index in [9.17, 15) is 8.42 Å². The lowest BCUT2D eigenvalue weighted by atomic mass is 9.91. The van der Waals surface area contributed by atoms with E-state index in [1.165, 1.54) is 22.7 Å². The first-order chi connectivity index (χ1) is 17.5. The molecular formula is C30H40N4O2S. The van der Waals surface area contributed by atoms with E-state index in [1.54, 1.807) is 4.31 Å². The number of fused-ring (bicyclic) bond motifs is 1. The number of piperidine rings is 1. The summed E-state index contributed by atoms with van der Waals surface area (Å²) in [5.74, 6) is 7.21. The number of rotatable bonds is 7. The predicted molar refractivity (Wildman–Crippen MR) is 153 cm³/mol. The Kier molecular flexibility index (Phi) is 8.30. The molecule has 1 saturated heterocycles. The zero-order chi connectivity index (χ0) is 26.6. The van der Waals surface area contributed by atoms with Crippen LogP contribution in [0, 0.1) is 17.8 Å². The third-order valence-corrected chi connectivity index (χ3v) is 8.60. The molecule has 37 heavy (non-hydrogen) atoms. The van der Waals surface area contributed by atoms with Gasteiger partial charge < -0.3 is 9.88 Å². The van der Waals surface area contributed by atoms with Gasteiger partial charge in [-0.1, -0.05) is 32.8 Å². The quantitative estimate of drug-likeness (QED) is 0.423. The zero-order valence-corrected chi connectivity index (χ0v) is 23.7. The number of nitrogens with zero attached hydrogens (tertiary/aromatic N) is 3. The van der Waals surface area contributed by atoms with Crippen LogP contribution in [0.4, 0.5) is 5.69 Å². The topological polar surface area (TPSA) is 67.2 Å². The normalized spacial score (nSPS) is 15.5. The van der Waals surface area contributed by atoms with Crippen molar-refractivity contribution < 1.29 is 8.42 Å². The maximum Gasteiger partial charge on any atom is 0.211 e. The molecule has 0 spiro atoms. The molecule has 1 aromatic carbocycles. The Hall–Kier alpha value is -2.82. The van der Waals surface area contributed by atoms with Gasteiger partial charge in [-0.25, -0.2) is 12.7 Å². The van der Waals surface area contributed by atoms with Gasteiger partial charge in [0, 0.05) is 41.6 Å². The fourth-order valence-corrected chi connectivity index (χ4v) is 5.92. The number of pyridine rings is 1. The highest BCUT2D eigenvalue weighted by molar-refractivity contribution is 7.88. The standard InChI is InChI=1S/C30H40N4O2S/c1-6-34-27(8-7-17-31-26-12-14-29(32-22-26)30(2,3)4)21-25-20-24(11-13-28(25)34)10-9-23-15-18-33(19-16-23)37(5,35)36/h11-14,20-23,31H,6,9-10,15-19H2,1-5H3. The second-order valence-electron chi connectivity index (χ2n) is 11.1. The molecule has 1 N–H and O–H groups in total. The number of anilines is 1. The van der Waals surface area contributed by atoms with Gasteiger partial charge in [-0.15, -0.1) is 0 Å². The molecule has 198 valence electrons. The molecule has 1 aliphatic rings. The molecule has 4 rings (SSSR count). The molecule has 0 saturated carbocycles. The Labute approximate surface area is 222 Å². The van der Waals surface area contributed by atoms with E-state index in [0.717, 1.165) is 49.3 Å². The van der Waals surface area contributed by atoms with Gasteiger partial charge in [0.2, 0.25) is 10.0 Å². The lowest BCUT2D eigenvalue weighted by Crippen LogP contribution is -2.37. The van der Waals surface area contributed by atoms with Gasteiger partial charge in [-0.05, 0) is 80.3 Å². The summed E-state index contributed by atoms with van der Waals surface area (Å²) in [4.78, 5) is 4.57. The van der Waals surface area contributed by atoms with E-state index in [4.69, 9.17) is 0 Å². The summed E-state index contributed by atoms with van der Waals surface area (Å²) in [6.45, 7) is 11.4. The molecule has 0 atom stereocenters. The third kappa shape index (κ3) is 6.94. The highest BCUT2D eigenvalue weighted by atomic mass is 32.2. The molecular weight excluding hydrogens is 480 g/mol. The van der Waals surface area contributed by atoms with Crippen molar-refractivity contribution in [3.05, 3.63) is 59.5 Å². The Morgan fingerprint density at radius 1 is 1.11 bits per heavy atom. The van der Waals surface area contributed by atoms with Crippen LogP contribution in [0.25, 0.3) is 10.9 Å². The largest absolute Gasteiger partial charge is 0.373 e. The van der Waals surface area contributed by atoms with Gasteiger partial charge in [-0.2, -0.15) is 0 Å². The first-order valence-corrected chi connectivity index (χ1v) is 15.2. The summed E-state index contributed by atoms with van der Waals surface area (Å²) < 4.78 is 27.4. The van der Waals surface area contributed by atoms with Crippen LogP contribution in [0.15, 0.2) is 42.6 Å². The number of sulfonamides is 1. The maximum atomic E-state index is 11.7. The van der Waals surface area contributed by atoms with E-state index in [2.05, 4.69) is 90.8 Å². The first-order valence-electron chi connectivity index (χ1n) is 13.3. The lowest BCUT2D eigenvalue weighted by molar-refractivity contribution is 0.265. The van der Waals surface area contributed by atoms with Gasteiger partial charge in [0.15, 0.2) is 0 Å². The molecule has 0 amide bonds. The van der Waals surface area contributed by atoms with Crippen LogP contribution < -0.4 is 5.32 Å². The second-order valence-corrected chi connectivity index (χ2v) is 13.1. The SMILES string of the molecule is CCn1c(C#CCNc2ccc(C(C)(C)C)nc2)cc2cc(CCC3CCN(S(C)(=O)=O)CC3)ccc21. The van der Waals surface area contributed by atoms with Crippen LogP contribution >= 0.6 is 0 Å². The fourth-order valence-electron chi connectivity index (χ4n) is 5.04. The molecule has 2 aromatic heterocycles. The Morgan fingerprint density at radius 3 is 2.49 bits per heavy atom. The number of hydrogen-bond donors (Lipinski definition) is 1. The van der Waals surface area contributed by atoms with Crippen LogP contribution in [0.3, 0.4) is 0 Å². The highest BCUT2D eigenvalue weighted by Gasteiger charge is 2.24. The number of nitrogens with one attached hydrogen (secondary N) is 1. The van der Waals surface area contributed by atoms with Crippen molar-refractivity contribution in [1.29, 1.82) is 0 Å². The molecule has 0 bridgehead atoms. The maximum absolute atomic E-state index is 11.7. The Bertz CT molecular complexity index is 1380. The number of aromatic nitrogens is 2. The van der Waals surface area contributed by atoms with Crippen LogP contribution in [-0.4, -0.2) is 48.2 Å². The summed E-state index contributed by atoms with van der Waals surface area (Å²) in [5, 5.41) is 4.58. The van der Waals surface area contributed by atoms with Gasteiger partial charge in [-0.3, -0.25) is 4.98 Å². The van der Waals surface area contributed by atoms with Crippen molar-refractivity contribution in [2.24, 2.45) is 5.92 Å². The first kappa shape index (κ1) is 27.2. The highest BCUT2D eigenvalue weighted by Crippen LogP contribution is 2.26. The number of aryl methyl sites for hydroxylation is 2. The van der Waals surface area contributed by atoms with Crippen molar-refractivity contribution in [2.45, 2.75) is 65.3 Å². The average molecular weight is 521 g/mol. The van der Waals surface area contributed by atoms with Crippen LogP contribution in [0.1, 0.15) is 63.9 Å². The van der Waals surface area contributed by atoms with Crippen molar-refractivity contribution in [3.8, 4) is 11.8 Å². The average Bonchev–Trinajstić information content (AvgIpc) is 3.21. The molecule has 6 nitrogen and oxygen atoms in total. The minimum Gasteiger partial charge on any atom is -0.373 e. The number of benzene rings is 1. The molecule has 3 heterocycles. The van der Waals surface area contributed by atoms with Crippen LogP contribution in [0.2, 0.25) is 0 Å². The van der Waals surface area contributed by atoms with E-state index in [-0.39, 0.29) is 5.41 Å². The van der Waals surface area contributed by atoms with Gasteiger partial charge >= 0.3 is 0 Å². The van der Waals surface area contributed by atoms with E-state index < -0.39 is 10.0 Å². The summed E-state index contributed by atoms with van der Waals surface area (Å²) in [7, 11) is -3.06.